The van der Waals surface area contributed by atoms with Gasteiger partial charge in [0, 0.05) is 0 Å². The van der Waals surface area contributed by atoms with Crippen molar-refractivity contribution in [3.05, 3.63) is 42.0 Å². The lowest BCUT2D eigenvalue weighted by atomic mass is 10.1. The minimum Gasteiger partial charge on any atom is -0.264 e. The number of benzene rings is 1. The molecular formula is C11H13NO3. The molecule has 4 nitrogen and oxygen atoms in total. The lowest BCUT2D eigenvalue weighted by Crippen LogP contribution is -2.29. The van der Waals surface area contributed by atoms with Crippen LogP contribution < -0.4 is 0 Å². The third-order valence-electron chi connectivity index (χ3n) is 1.91. The molecule has 0 bridgehead atoms. The average Bonchev–Trinajstić information content (AvgIpc) is 2.30. The van der Waals surface area contributed by atoms with E-state index < -0.39 is 0 Å². The third-order valence-corrected chi connectivity index (χ3v) is 1.91. The van der Waals surface area contributed by atoms with Gasteiger partial charge in [-0.15, -0.1) is 0 Å². The Bertz CT molecular complexity index is 359. The van der Waals surface area contributed by atoms with Crippen LogP contribution in [0.2, 0.25) is 0 Å². The summed E-state index contributed by atoms with van der Waals surface area (Å²) >= 11 is 0. The van der Waals surface area contributed by atoms with Gasteiger partial charge in [-0.3, -0.25) is 4.79 Å². The molecular weight excluding hydrogens is 194 g/mol. The van der Waals surface area contributed by atoms with Crippen LogP contribution in [0.15, 0.2) is 30.8 Å². The van der Waals surface area contributed by atoms with Crippen LogP contribution in [0, 0.1) is 0 Å². The summed E-state index contributed by atoms with van der Waals surface area (Å²) < 4.78 is 0. The fourth-order valence-electron chi connectivity index (χ4n) is 1.21. The molecule has 1 aromatic rings. The molecule has 0 fully saturated rings. The third kappa shape index (κ3) is 2.43. The van der Waals surface area contributed by atoms with Crippen molar-refractivity contribution in [2.24, 2.45) is 0 Å². The van der Waals surface area contributed by atoms with Crippen LogP contribution in [0.25, 0.3) is 6.08 Å². The number of carbonyl (C=O) groups is 1. The Morgan fingerprint density at radius 1 is 1.33 bits per heavy atom. The van der Waals surface area contributed by atoms with Gasteiger partial charge >= 0.3 is 5.91 Å². The number of nitrogens with zero attached hydrogens (tertiary/aromatic N) is 1. The van der Waals surface area contributed by atoms with Gasteiger partial charge < -0.3 is 0 Å². The first-order chi connectivity index (χ1) is 7.24. The van der Waals surface area contributed by atoms with Crippen molar-refractivity contribution in [3.63, 3.8) is 0 Å². The van der Waals surface area contributed by atoms with Crippen LogP contribution in [0.3, 0.4) is 0 Å². The molecule has 4 heteroatoms. The van der Waals surface area contributed by atoms with E-state index in [1.807, 2.05) is 6.07 Å². The standard InChI is InChI=1S/C11H13NO3/c1-4-9-7-5-6-8-10(9)11(13)12(14-2)15-3/h4-8H,1H2,2-3H3. The summed E-state index contributed by atoms with van der Waals surface area (Å²) in [5, 5.41) is 0.808. The van der Waals surface area contributed by atoms with Crippen molar-refractivity contribution in [1.29, 1.82) is 0 Å². The van der Waals surface area contributed by atoms with Crippen LogP contribution in [0.4, 0.5) is 0 Å². The molecule has 0 unspecified atom stereocenters. The zero-order chi connectivity index (χ0) is 11.3. The van der Waals surface area contributed by atoms with E-state index in [0.717, 1.165) is 10.8 Å². The Morgan fingerprint density at radius 3 is 2.47 bits per heavy atom. The van der Waals surface area contributed by atoms with E-state index in [2.05, 4.69) is 6.58 Å². The second kappa shape index (κ2) is 5.29. The van der Waals surface area contributed by atoms with E-state index in [0.29, 0.717) is 5.56 Å². The highest BCUT2D eigenvalue weighted by atomic mass is 16.9. The van der Waals surface area contributed by atoms with Crippen molar-refractivity contribution in [3.8, 4) is 0 Å². The Morgan fingerprint density at radius 2 is 1.93 bits per heavy atom. The minimum atomic E-state index is -0.365. The lowest BCUT2D eigenvalue weighted by molar-refractivity contribution is -0.299. The van der Waals surface area contributed by atoms with Crippen molar-refractivity contribution >= 4 is 12.0 Å². The van der Waals surface area contributed by atoms with Crippen molar-refractivity contribution in [1.82, 2.24) is 5.23 Å². The smallest absolute Gasteiger partial charge is 0.264 e. The maximum Gasteiger partial charge on any atom is 0.304 e. The Hall–Kier alpha value is -1.65. The Balaban J connectivity index is 3.04. The Kier molecular flexibility index (Phi) is 4.03. The highest BCUT2D eigenvalue weighted by molar-refractivity contribution is 5.96. The first-order valence-corrected chi connectivity index (χ1v) is 4.38. The highest BCUT2D eigenvalue weighted by Gasteiger charge is 2.17. The number of hydroxylamine groups is 2. The summed E-state index contributed by atoms with van der Waals surface area (Å²) in [4.78, 5) is 21.3. The zero-order valence-corrected chi connectivity index (χ0v) is 8.77. The van der Waals surface area contributed by atoms with E-state index in [1.165, 1.54) is 14.2 Å². The number of carbonyl (C=O) groups excluding carboxylic acids is 1. The van der Waals surface area contributed by atoms with Gasteiger partial charge in [0.25, 0.3) is 0 Å². The molecule has 0 saturated carbocycles. The molecule has 1 rings (SSSR count). The van der Waals surface area contributed by atoms with Gasteiger partial charge in [-0.2, -0.15) is 0 Å². The van der Waals surface area contributed by atoms with E-state index in [9.17, 15) is 4.79 Å². The van der Waals surface area contributed by atoms with Gasteiger partial charge in [0.15, 0.2) is 0 Å². The molecule has 0 saturated heterocycles. The van der Waals surface area contributed by atoms with Gasteiger partial charge in [-0.25, -0.2) is 9.68 Å². The molecule has 15 heavy (non-hydrogen) atoms. The normalized spacial score (nSPS) is 9.73. The second-order valence-corrected chi connectivity index (χ2v) is 2.72. The topological polar surface area (TPSA) is 38.8 Å². The lowest BCUT2D eigenvalue weighted by Gasteiger charge is -2.16. The molecule has 0 N–H and O–H groups in total. The maximum atomic E-state index is 11.8. The van der Waals surface area contributed by atoms with Gasteiger partial charge in [-0.1, -0.05) is 36.1 Å². The largest absolute Gasteiger partial charge is 0.304 e. The summed E-state index contributed by atoms with van der Waals surface area (Å²) in [6, 6.07) is 7.08. The van der Waals surface area contributed by atoms with Crippen LogP contribution in [-0.4, -0.2) is 25.4 Å². The number of hydrogen-bond donors (Lipinski definition) is 0. The van der Waals surface area contributed by atoms with Gasteiger partial charge in [-0.05, 0) is 11.6 Å². The number of hydrogen-bond acceptors (Lipinski definition) is 3. The summed E-state index contributed by atoms with van der Waals surface area (Å²) in [6.07, 6.45) is 1.61. The molecule has 0 heterocycles. The van der Waals surface area contributed by atoms with Crippen LogP contribution in [-0.2, 0) is 9.68 Å². The average molecular weight is 207 g/mol. The quantitative estimate of drug-likeness (QED) is 0.708. The van der Waals surface area contributed by atoms with E-state index in [1.54, 1.807) is 24.3 Å². The Labute approximate surface area is 88.6 Å². The monoisotopic (exact) mass is 207 g/mol. The van der Waals surface area contributed by atoms with E-state index in [-0.39, 0.29) is 5.91 Å². The fraction of sp³-hybridized carbons (Fsp3) is 0.182. The van der Waals surface area contributed by atoms with Gasteiger partial charge in [0.2, 0.25) is 0 Å². The molecule has 80 valence electrons. The van der Waals surface area contributed by atoms with E-state index in [4.69, 9.17) is 9.68 Å². The van der Waals surface area contributed by atoms with Crippen molar-refractivity contribution in [2.75, 3.05) is 14.2 Å². The molecule has 0 spiro atoms. The summed E-state index contributed by atoms with van der Waals surface area (Å²) in [6.45, 7) is 3.63. The molecule has 0 aliphatic carbocycles. The molecule has 0 aliphatic heterocycles. The predicted molar refractivity (Wildman–Crippen MR) is 56.7 cm³/mol. The zero-order valence-electron chi connectivity index (χ0n) is 8.77. The van der Waals surface area contributed by atoms with Gasteiger partial charge in [0.05, 0.1) is 19.8 Å². The molecule has 0 aromatic heterocycles. The van der Waals surface area contributed by atoms with Crippen LogP contribution in [0.5, 0.6) is 0 Å². The fourth-order valence-corrected chi connectivity index (χ4v) is 1.21. The molecule has 0 aliphatic rings. The van der Waals surface area contributed by atoms with Crippen molar-refractivity contribution < 1.29 is 14.5 Å². The summed E-state index contributed by atoms with van der Waals surface area (Å²) in [7, 11) is 2.72. The van der Waals surface area contributed by atoms with Crippen molar-refractivity contribution in [2.45, 2.75) is 0 Å². The number of rotatable bonds is 4. The molecule has 1 aromatic carbocycles. The maximum absolute atomic E-state index is 11.8. The van der Waals surface area contributed by atoms with Crippen LogP contribution >= 0.6 is 0 Å². The first kappa shape index (κ1) is 11.4. The highest BCUT2D eigenvalue weighted by Crippen LogP contribution is 2.12. The summed E-state index contributed by atoms with van der Waals surface area (Å²) in [5.74, 6) is -0.365. The first-order valence-electron chi connectivity index (χ1n) is 4.38. The second-order valence-electron chi connectivity index (χ2n) is 2.72. The minimum absolute atomic E-state index is 0.365. The molecule has 1 amide bonds. The van der Waals surface area contributed by atoms with Crippen LogP contribution in [0.1, 0.15) is 15.9 Å². The SMILES string of the molecule is C=Cc1ccccc1C(=O)N(OC)OC. The van der Waals surface area contributed by atoms with Gasteiger partial charge in [0.1, 0.15) is 0 Å². The van der Waals surface area contributed by atoms with E-state index >= 15 is 0 Å². The predicted octanol–water partition coefficient (Wildman–Crippen LogP) is 1.89. The molecule has 0 radical (unpaired) electrons. The summed E-state index contributed by atoms with van der Waals surface area (Å²) in [5.41, 5.74) is 1.22. The molecule has 0 atom stereocenters. The number of amides is 1.